The molecule has 3 N–H and O–H groups in total. The average molecular weight is 416 g/mol. The second-order valence-electron chi connectivity index (χ2n) is 7.73. The van der Waals surface area contributed by atoms with Gasteiger partial charge in [-0.05, 0) is 49.4 Å². The smallest absolute Gasteiger partial charge is 0.274 e. The van der Waals surface area contributed by atoms with Gasteiger partial charge in [0, 0.05) is 38.3 Å². The molecule has 1 aromatic carbocycles. The summed E-state index contributed by atoms with van der Waals surface area (Å²) in [6, 6.07) is 4.24. The fraction of sp³-hybridized carbons (Fsp3) is 0.421. The van der Waals surface area contributed by atoms with Crippen LogP contribution in [0.5, 0.6) is 0 Å². The lowest BCUT2D eigenvalue weighted by Crippen LogP contribution is -2.48. The van der Waals surface area contributed by atoms with Crippen molar-refractivity contribution in [2.45, 2.75) is 20.3 Å². The molecule has 10 heteroatoms. The highest BCUT2D eigenvalue weighted by Gasteiger charge is 2.29. The summed E-state index contributed by atoms with van der Waals surface area (Å²) in [6.45, 7) is 6.15. The highest BCUT2D eigenvalue weighted by molar-refractivity contribution is 7.87. The topological polar surface area (TPSA) is 119 Å². The van der Waals surface area contributed by atoms with Gasteiger partial charge in [0.15, 0.2) is 5.82 Å². The monoisotopic (exact) mass is 415 g/mol. The first-order valence-electron chi connectivity index (χ1n) is 9.50. The number of aryl methyl sites for hydroxylation is 3. The van der Waals surface area contributed by atoms with E-state index in [0.717, 1.165) is 41.8 Å². The van der Waals surface area contributed by atoms with Gasteiger partial charge in [-0.3, -0.25) is 4.68 Å². The van der Waals surface area contributed by atoms with Crippen molar-refractivity contribution >= 4 is 26.9 Å². The molecule has 0 unspecified atom stereocenters. The standard InChI is InChI=1S/C19H25N7O2S/c1-12-6-16-17(7-13(12)2)23-18(15-8-21-25(3)11-15)24-19(16)26-9-14(10-26)4-5-22-29(20,27)28/h6-8,11,14,22H,4-5,9-10H2,1-3H3,(H2,20,27,28). The second kappa shape index (κ2) is 7.36. The molecule has 0 spiro atoms. The Bertz CT molecular complexity index is 1170. The van der Waals surface area contributed by atoms with Gasteiger partial charge in [0.05, 0.1) is 17.3 Å². The van der Waals surface area contributed by atoms with Gasteiger partial charge in [0.2, 0.25) is 0 Å². The Morgan fingerprint density at radius 1 is 1.21 bits per heavy atom. The molecule has 0 atom stereocenters. The van der Waals surface area contributed by atoms with Crippen LogP contribution < -0.4 is 14.8 Å². The summed E-state index contributed by atoms with van der Waals surface area (Å²) in [5.41, 5.74) is 4.18. The molecule has 3 aromatic rings. The van der Waals surface area contributed by atoms with Gasteiger partial charge in [-0.25, -0.2) is 19.8 Å². The van der Waals surface area contributed by atoms with Crippen molar-refractivity contribution in [3.63, 3.8) is 0 Å². The minimum Gasteiger partial charge on any atom is -0.355 e. The van der Waals surface area contributed by atoms with Crippen molar-refractivity contribution in [2.24, 2.45) is 18.1 Å². The van der Waals surface area contributed by atoms with Crippen LogP contribution in [0.1, 0.15) is 17.5 Å². The number of anilines is 1. The summed E-state index contributed by atoms with van der Waals surface area (Å²) in [5.74, 6) is 1.96. The number of hydrogen-bond donors (Lipinski definition) is 2. The van der Waals surface area contributed by atoms with Crippen molar-refractivity contribution in [3.05, 3.63) is 35.7 Å². The summed E-state index contributed by atoms with van der Waals surface area (Å²) in [4.78, 5) is 11.9. The normalized spacial score (nSPS) is 15.1. The fourth-order valence-electron chi connectivity index (χ4n) is 3.61. The van der Waals surface area contributed by atoms with Crippen LogP contribution in [0.2, 0.25) is 0 Å². The van der Waals surface area contributed by atoms with E-state index in [2.05, 4.69) is 40.7 Å². The molecular weight excluding hydrogens is 390 g/mol. The van der Waals surface area contributed by atoms with Crippen molar-refractivity contribution in [3.8, 4) is 11.4 Å². The van der Waals surface area contributed by atoms with E-state index in [1.54, 1.807) is 10.9 Å². The minimum atomic E-state index is -3.63. The Morgan fingerprint density at radius 2 is 1.93 bits per heavy atom. The molecule has 2 aromatic heterocycles. The lowest BCUT2D eigenvalue weighted by atomic mass is 9.95. The van der Waals surface area contributed by atoms with Crippen molar-refractivity contribution in [1.29, 1.82) is 0 Å². The largest absolute Gasteiger partial charge is 0.355 e. The molecule has 1 aliphatic heterocycles. The van der Waals surface area contributed by atoms with Gasteiger partial charge in [-0.2, -0.15) is 13.5 Å². The third-order valence-corrected chi connectivity index (χ3v) is 5.97. The van der Waals surface area contributed by atoms with E-state index in [9.17, 15) is 8.42 Å². The molecule has 9 nitrogen and oxygen atoms in total. The average Bonchev–Trinajstić information content (AvgIpc) is 3.03. The van der Waals surface area contributed by atoms with Crippen LogP contribution in [0.15, 0.2) is 24.5 Å². The molecule has 0 amide bonds. The molecule has 1 saturated heterocycles. The summed E-state index contributed by atoms with van der Waals surface area (Å²) in [6.07, 6.45) is 4.41. The zero-order chi connectivity index (χ0) is 20.8. The summed E-state index contributed by atoms with van der Waals surface area (Å²) in [5, 5.41) is 10.3. The number of rotatable bonds is 6. The molecule has 0 radical (unpaired) electrons. The molecule has 1 aliphatic rings. The van der Waals surface area contributed by atoms with E-state index in [0.29, 0.717) is 18.3 Å². The number of nitrogens with zero attached hydrogens (tertiary/aromatic N) is 5. The van der Waals surface area contributed by atoms with Crippen LogP contribution in [0.25, 0.3) is 22.3 Å². The lowest BCUT2D eigenvalue weighted by molar-refractivity contribution is 0.382. The predicted molar refractivity (Wildman–Crippen MR) is 113 cm³/mol. The molecule has 154 valence electrons. The number of nitrogens with two attached hydrogens (primary N) is 1. The molecule has 1 fully saturated rings. The van der Waals surface area contributed by atoms with E-state index in [1.807, 2.05) is 13.2 Å². The number of fused-ring (bicyclic) bond motifs is 1. The lowest BCUT2D eigenvalue weighted by Gasteiger charge is -2.41. The minimum absolute atomic E-state index is 0.348. The van der Waals surface area contributed by atoms with E-state index in [-0.39, 0.29) is 0 Å². The van der Waals surface area contributed by atoms with Gasteiger partial charge in [-0.1, -0.05) is 0 Å². The first-order chi connectivity index (χ1) is 13.7. The highest BCUT2D eigenvalue weighted by atomic mass is 32.2. The van der Waals surface area contributed by atoms with E-state index >= 15 is 0 Å². The van der Waals surface area contributed by atoms with E-state index in [1.165, 1.54) is 11.1 Å². The van der Waals surface area contributed by atoms with Gasteiger partial charge in [-0.15, -0.1) is 0 Å². The van der Waals surface area contributed by atoms with Crippen LogP contribution in [0, 0.1) is 19.8 Å². The maximum absolute atomic E-state index is 11.0. The highest BCUT2D eigenvalue weighted by Crippen LogP contribution is 2.33. The van der Waals surface area contributed by atoms with Gasteiger partial charge in [0.25, 0.3) is 10.2 Å². The number of hydrogen-bond acceptors (Lipinski definition) is 6. The molecule has 0 aliphatic carbocycles. The third-order valence-electron chi connectivity index (χ3n) is 5.37. The van der Waals surface area contributed by atoms with Gasteiger partial charge < -0.3 is 4.90 Å². The van der Waals surface area contributed by atoms with Crippen LogP contribution in [0.4, 0.5) is 5.82 Å². The molecule has 0 saturated carbocycles. The van der Waals surface area contributed by atoms with Crippen LogP contribution in [-0.4, -0.2) is 47.8 Å². The molecule has 29 heavy (non-hydrogen) atoms. The fourth-order valence-corrected chi connectivity index (χ4v) is 4.01. The van der Waals surface area contributed by atoms with Gasteiger partial charge in [0.1, 0.15) is 5.82 Å². The third kappa shape index (κ3) is 4.24. The molecule has 0 bridgehead atoms. The maximum Gasteiger partial charge on any atom is 0.274 e. The first-order valence-corrected chi connectivity index (χ1v) is 11.0. The number of aromatic nitrogens is 4. The second-order valence-corrected chi connectivity index (χ2v) is 9.10. The Hall–Kier alpha value is -2.56. The van der Waals surface area contributed by atoms with E-state index in [4.69, 9.17) is 15.1 Å². The number of benzene rings is 1. The molecular formula is C19H25N7O2S. The maximum atomic E-state index is 11.0. The van der Waals surface area contributed by atoms with Gasteiger partial charge >= 0.3 is 0 Å². The molecule has 3 heterocycles. The van der Waals surface area contributed by atoms with Crippen LogP contribution in [-0.2, 0) is 17.3 Å². The Morgan fingerprint density at radius 3 is 2.59 bits per heavy atom. The van der Waals surface area contributed by atoms with Crippen molar-refractivity contribution in [1.82, 2.24) is 24.5 Å². The molecule has 4 rings (SSSR count). The van der Waals surface area contributed by atoms with Crippen molar-refractivity contribution in [2.75, 3.05) is 24.5 Å². The summed E-state index contributed by atoms with van der Waals surface area (Å²) in [7, 11) is -1.76. The zero-order valence-electron chi connectivity index (χ0n) is 16.8. The summed E-state index contributed by atoms with van der Waals surface area (Å²) < 4.78 is 26.1. The predicted octanol–water partition coefficient (Wildman–Crippen LogP) is 1.27. The Labute approximate surface area is 170 Å². The first kappa shape index (κ1) is 19.7. The quantitative estimate of drug-likeness (QED) is 0.626. The Kier molecular flexibility index (Phi) is 5.01. The number of nitrogens with one attached hydrogen (secondary N) is 1. The van der Waals surface area contributed by atoms with Crippen LogP contribution >= 0.6 is 0 Å². The van der Waals surface area contributed by atoms with Crippen molar-refractivity contribution < 1.29 is 8.42 Å². The van der Waals surface area contributed by atoms with Crippen LogP contribution in [0.3, 0.4) is 0 Å². The SMILES string of the molecule is Cc1cc2nc(-c3cnn(C)c3)nc(N3CC(CCNS(N)(=O)=O)C3)c2cc1C. The zero-order valence-corrected chi connectivity index (χ0v) is 17.6. The van der Waals surface area contributed by atoms with E-state index < -0.39 is 10.2 Å². The summed E-state index contributed by atoms with van der Waals surface area (Å²) >= 11 is 0. The Balaban J connectivity index is 1.62.